The fourth-order valence-electron chi connectivity index (χ4n) is 1.45. The highest BCUT2D eigenvalue weighted by atomic mass is 79.9. The van der Waals surface area contributed by atoms with Gasteiger partial charge in [0.2, 0.25) is 5.91 Å². The molecule has 0 saturated heterocycles. The Kier molecular flexibility index (Phi) is 5.51. The fourth-order valence-corrected chi connectivity index (χ4v) is 1.80. The van der Waals surface area contributed by atoms with Gasteiger partial charge in [-0.25, -0.2) is 9.59 Å². The Bertz CT molecular complexity index is 548. The number of amides is 3. The summed E-state index contributed by atoms with van der Waals surface area (Å²) in [5.41, 5.74) is 6.34. The number of nitrogens with two attached hydrogens (primary N) is 1. The first kappa shape index (κ1) is 16.0. The zero-order valence-corrected chi connectivity index (χ0v) is 12.2. The van der Waals surface area contributed by atoms with Crippen LogP contribution in [0.2, 0.25) is 0 Å². The SMILES string of the molecule is Cc1ccc(Br)c(NC(=O)NC(CC(N)=O)C(=O)O)c1. The van der Waals surface area contributed by atoms with E-state index in [-0.39, 0.29) is 0 Å². The zero-order valence-electron chi connectivity index (χ0n) is 10.6. The van der Waals surface area contributed by atoms with E-state index in [1.807, 2.05) is 13.0 Å². The van der Waals surface area contributed by atoms with E-state index in [2.05, 4.69) is 26.6 Å². The van der Waals surface area contributed by atoms with Crippen molar-refractivity contribution in [3.63, 3.8) is 0 Å². The van der Waals surface area contributed by atoms with Crippen molar-refractivity contribution in [2.75, 3.05) is 5.32 Å². The summed E-state index contributed by atoms with van der Waals surface area (Å²) in [6.07, 6.45) is -0.474. The molecule has 1 aromatic rings. The topological polar surface area (TPSA) is 122 Å². The molecule has 0 aliphatic rings. The number of aliphatic carboxylic acids is 1. The number of carbonyl (C=O) groups is 3. The summed E-state index contributed by atoms with van der Waals surface area (Å²) in [7, 11) is 0. The Hall–Kier alpha value is -2.09. The quantitative estimate of drug-likeness (QED) is 0.641. The van der Waals surface area contributed by atoms with E-state index >= 15 is 0 Å². The highest BCUT2D eigenvalue weighted by Crippen LogP contribution is 2.23. The van der Waals surface area contributed by atoms with Crippen LogP contribution in [0.1, 0.15) is 12.0 Å². The maximum absolute atomic E-state index is 11.7. The molecule has 1 rings (SSSR count). The molecule has 0 aliphatic heterocycles. The predicted molar refractivity (Wildman–Crippen MR) is 76.3 cm³/mol. The van der Waals surface area contributed by atoms with Crippen molar-refractivity contribution in [1.29, 1.82) is 0 Å². The van der Waals surface area contributed by atoms with E-state index in [4.69, 9.17) is 10.8 Å². The molecule has 0 spiro atoms. The molecule has 0 heterocycles. The van der Waals surface area contributed by atoms with Gasteiger partial charge in [0.15, 0.2) is 0 Å². The van der Waals surface area contributed by atoms with Crippen LogP contribution in [0.25, 0.3) is 0 Å². The van der Waals surface area contributed by atoms with Crippen LogP contribution >= 0.6 is 15.9 Å². The molecule has 7 nitrogen and oxygen atoms in total. The Balaban J connectivity index is 2.72. The van der Waals surface area contributed by atoms with Gasteiger partial charge in [0.25, 0.3) is 0 Å². The van der Waals surface area contributed by atoms with E-state index in [1.165, 1.54) is 0 Å². The average Bonchev–Trinajstić information content (AvgIpc) is 2.32. The number of carboxylic acids is 1. The second-order valence-corrected chi connectivity index (χ2v) is 5.00. The van der Waals surface area contributed by atoms with Crippen molar-refractivity contribution in [2.45, 2.75) is 19.4 Å². The highest BCUT2D eigenvalue weighted by Gasteiger charge is 2.22. The second kappa shape index (κ2) is 6.90. The molecule has 1 aromatic carbocycles. The Morgan fingerprint density at radius 1 is 1.40 bits per heavy atom. The fraction of sp³-hybridized carbons (Fsp3) is 0.250. The number of carbonyl (C=O) groups excluding carboxylic acids is 2. The molecule has 0 aliphatic carbocycles. The van der Waals surface area contributed by atoms with Gasteiger partial charge < -0.3 is 21.5 Å². The molecule has 1 atom stereocenters. The van der Waals surface area contributed by atoms with Gasteiger partial charge in [0.05, 0.1) is 12.1 Å². The summed E-state index contributed by atoms with van der Waals surface area (Å²) in [5, 5.41) is 13.5. The van der Waals surface area contributed by atoms with Gasteiger partial charge in [-0.15, -0.1) is 0 Å². The summed E-state index contributed by atoms with van der Waals surface area (Å²) in [6.45, 7) is 1.85. The van der Waals surface area contributed by atoms with Crippen LogP contribution in [0, 0.1) is 6.92 Å². The minimum atomic E-state index is -1.36. The Labute approximate surface area is 123 Å². The van der Waals surface area contributed by atoms with Gasteiger partial charge in [0, 0.05) is 4.47 Å². The molecule has 5 N–H and O–H groups in total. The molecular weight excluding hydrogens is 330 g/mol. The van der Waals surface area contributed by atoms with Crippen molar-refractivity contribution in [1.82, 2.24) is 5.32 Å². The zero-order chi connectivity index (χ0) is 15.3. The molecule has 3 amide bonds. The summed E-state index contributed by atoms with van der Waals surface area (Å²) >= 11 is 3.26. The lowest BCUT2D eigenvalue weighted by molar-refractivity contribution is -0.140. The smallest absolute Gasteiger partial charge is 0.326 e. The number of nitrogens with one attached hydrogen (secondary N) is 2. The van der Waals surface area contributed by atoms with Crippen LogP contribution in [0.15, 0.2) is 22.7 Å². The third-order valence-electron chi connectivity index (χ3n) is 2.38. The number of benzene rings is 1. The van der Waals surface area contributed by atoms with Gasteiger partial charge in [-0.3, -0.25) is 4.79 Å². The Morgan fingerprint density at radius 3 is 2.60 bits per heavy atom. The molecular formula is C12H14BrN3O4. The highest BCUT2D eigenvalue weighted by molar-refractivity contribution is 9.10. The molecule has 0 bridgehead atoms. The number of rotatable bonds is 5. The van der Waals surface area contributed by atoms with Crippen LogP contribution < -0.4 is 16.4 Å². The molecule has 0 saturated carbocycles. The van der Waals surface area contributed by atoms with E-state index in [1.54, 1.807) is 12.1 Å². The van der Waals surface area contributed by atoms with Crippen molar-refractivity contribution in [2.24, 2.45) is 5.73 Å². The standard InChI is InChI=1S/C12H14BrN3O4/c1-6-2-3-7(13)8(4-6)15-12(20)16-9(11(18)19)5-10(14)17/h2-4,9H,5H2,1H3,(H2,14,17)(H,18,19)(H2,15,16,20). The van der Waals surface area contributed by atoms with Gasteiger partial charge in [0.1, 0.15) is 6.04 Å². The van der Waals surface area contributed by atoms with Crippen molar-refractivity contribution < 1.29 is 19.5 Å². The van der Waals surface area contributed by atoms with Gasteiger partial charge >= 0.3 is 12.0 Å². The average molecular weight is 344 g/mol. The van der Waals surface area contributed by atoms with Crippen LogP contribution in [-0.2, 0) is 9.59 Å². The van der Waals surface area contributed by atoms with Crippen molar-refractivity contribution in [3.8, 4) is 0 Å². The van der Waals surface area contributed by atoms with Crippen LogP contribution in [0.5, 0.6) is 0 Å². The number of primary amides is 1. The molecule has 0 aromatic heterocycles. The third-order valence-corrected chi connectivity index (χ3v) is 3.07. The molecule has 108 valence electrons. The second-order valence-electron chi connectivity index (χ2n) is 4.14. The molecule has 8 heteroatoms. The lowest BCUT2D eigenvalue weighted by Crippen LogP contribution is -2.45. The molecule has 20 heavy (non-hydrogen) atoms. The van der Waals surface area contributed by atoms with Gasteiger partial charge in [-0.05, 0) is 40.5 Å². The van der Waals surface area contributed by atoms with E-state index < -0.39 is 30.4 Å². The predicted octanol–water partition coefficient (Wildman–Crippen LogP) is 1.21. The Morgan fingerprint density at radius 2 is 2.05 bits per heavy atom. The van der Waals surface area contributed by atoms with Crippen LogP contribution in [0.4, 0.5) is 10.5 Å². The first-order chi connectivity index (χ1) is 9.29. The number of anilines is 1. The van der Waals surface area contributed by atoms with Gasteiger partial charge in [-0.2, -0.15) is 0 Å². The number of carboxylic acid groups (broad SMARTS) is 1. The lowest BCUT2D eigenvalue weighted by atomic mass is 10.2. The minimum absolute atomic E-state index is 0.474. The van der Waals surface area contributed by atoms with Crippen molar-refractivity contribution >= 4 is 39.5 Å². The largest absolute Gasteiger partial charge is 0.480 e. The van der Waals surface area contributed by atoms with E-state index in [9.17, 15) is 14.4 Å². The van der Waals surface area contributed by atoms with Gasteiger partial charge in [-0.1, -0.05) is 6.07 Å². The lowest BCUT2D eigenvalue weighted by Gasteiger charge is -2.14. The summed E-state index contributed by atoms with van der Waals surface area (Å²) in [5.74, 6) is -2.14. The third kappa shape index (κ3) is 4.88. The maximum atomic E-state index is 11.7. The monoisotopic (exact) mass is 343 g/mol. The first-order valence-electron chi connectivity index (χ1n) is 5.64. The first-order valence-corrected chi connectivity index (χ1v) is 6.43. The van der Waals surface area contributed by atoms with E-state index in [0.29, 0.717) is 10.2 Å². The van der Waals surface area contributed by atoms with E-state index in [0.717, 1.165) is 5.56 Å². The number of hydrogen-bond acceptors (Lipinski definition) is 3. The number of aryl methyl sites for hydroxylation is 1. The molecule has 0 fully saturated rings. The van der Waals surface area contributed by atoms with Crippen LogP contribution in [0.3, 0.4) is 0 Å². The minimum Gasteiger partial charge on any atom is -0.480 e. The number of halogens is 1. The number of hydrogen-bond donors (Lipinski definition) is 4. The summed E-state index contributed by atoms with van der Waals surface area (Å²) < 4.78 is 0.653. The van der Waals surface area contributed by atoms with Crippen LogP contribution in [-0.4, -0.2) is 29.1 Å². The summed E-state index contributed by atoms with van der Waals surface area (Å²) in [6, 6.07) is 3.22. The normalized spacial score (nSPS) is 11.5. The summed E-state index contributed by atoms with van der Waals surface area (Å²) in [4.78, 5) is 33.3. The number of urea groups is 1. The maximum Gasteiger partial charge on any atom is 0.326 e. The molecule has 0 radical (unpaired) electrons. The molecule has 1 unspecified atom stereocenters. The van der Waals surface area contributed by atoms with Crippen molar-refractivity contribution in [3.05, 3.63) is 28.2 Å².